The van der Waals surface area contributed by atoms with Gasteiger partial charge in [0.05, 0.1) is 6.54 Å². The van der Waals surface area contributed by atoms with E-state index in [4.69, 9.17) is 4.42 Å². The van der Waals surface area contributed by atoms with Gasteiger partial charge >= 0.3 is 0 Å². The molecule has 0 saturated carbocycles. The fourth-order valence-corrected chi connectivity index (χ4v) is 1.57. The average Bonchev–Trinajstić information content (AvgIpc) is 2.95. The predicted octanol–water partition coefficient (Wildman–Crippen LogP) is 1.69. The first kappa shape index (κ1) is 13.1. The summed E-state index contributed by atoms with van der Waals surface area (Å²) in [5.41, 5.74) is 0. The van der Waals surface area contributed by atoms with Crippen LogP contribution in [-0.2, 0) is 11.3 Å². The van der Waals surface area contributed by atoms with Crippen LogP contribution in [-0.4, -0.2) is 33.0 Å². The third-order valence-corrected chi connectivity index (χ3v) is 2.55. The zero-order chi connectivity index (χ0) is 13.8. The molecule has 0 fully saturated rings. The van der Waals surface area contributed by atoms with E-state index in [1.54, 1.807) is 13.1 Å². The number of aromatic nitrogens is 3. The lowest BCUT2D eigenvalue weighted by Crippen LogP contribution is -2.24. The Morgan fingerprint density at radius 2 is 2.26 bits per heavy atom. The van der Waals surface area contributed by atoms with Gasteiger partial charge in [0, 0.05) is 13.1 Å². The van der Waals surface area contributed by atoms with E-state index >= 15 is 0 Å². The summed E-state index contributed by atoms with van der Waals surface area (Å²) in [6.07, 6.45) is 3.12. The minimum atomic E-state index is -0.128. The van der Waals surface area contributed by atoms with Crippen LogP contribution in [0, 0.1) is 13.8 Å². The number of aryl methyl sites for hydroxylation is 2. The smallest absolute Gasteiger partial charge is 0.246 e. The first-order valence-electron chi connectivity index (χ1n) is 5.92. The van der Waals surface area contributed by atoms with Gasteiger partial charge in [-0.05, 0) is 32.1 Å². The van der Waals surface area contributed by atoms with Crippen molar-refractivity contribution in [2.24, 2.45) is 0 Å². The van der Waals surface area contributed by atoms with Gasteiger partial charge in [-0.1, -0.05) is 0 Å². The van der Waals surface area contributed by atoms with Crippen molar-refractivity contribution in [3.05, 3.63) is 41.4 Å². The van der Waals surface area contributed by atoms with E-state index in [2.05, 4.69) is 15.2 Å². The lowest BCUT2D eigenvalue weighted by molar-refractivity contribution is -0.125. The molecule has 1 N–H and O–H groups in total. The number of rotatable bonds is 4. The highest BCUT2D eigenvalue weighted by atomic mass is 16.3. The second kappa shape index (κ2) is 5.51. The molecule has 6 nitrogen and oxygen atoms in total. The molecule has 6 heteroatoms. The van der Waals surface area contributed by atoms with Gasteiger partial charge in [0.25, 0.3) is 0 Å². The van der Waals surface area contributed by atoms with Crippen molar-refractivity contribution in [2.75, 3.05) is 7.05 Å². The molecule has 0 bridgehead atoms. The maximum absolute atomic E-state index is 11.9. The van der Waals surface area contributed by atoms with Crippen LogP contribution in [0.3, 0.4) is 0 Å². The van der Waals surface area contributed by atoms with Gasteiger partial charge in [-0.15, -0.1) is 0 Å². The molecule has 2 aromatic rings. The number of nitrogens with zero attached hydrogens (tertiary/aromatic N) is 3. The second-order valence-corrected chi connectivity index (χ2v) is 4.31. The third kappa shape index (κ3) is 3.54. The number of hydrogen-bond donors (Lipinski definition) is 1. The number of H-pyrrole nitrogens is 1. The molecule has 0 aliphatic rings. The van der Waals surface area contributed by atoms with E-state index in [0.717, 1.165) is 11.6 Å². The summed E-state index contributed by atoms with van der Waals surface area (Å²) < 4.78 is 5.35. The van der Waals surface area contributed by atoms with E-state index in [1.165, 1.54) is 11.0 Å². The lowest BCUT2D eigenvalue weighted by atomic mass is 10.3. The Balaban J connectivity index is 1.94. The fraction of sp³-hybridized carbons (Fsp3) is 0.308. The number of nitrogens with one attached hydrogen (secondary N) is 1. The number of likely N-dealkylation sites (N-methyl/N-ethyl adjacent to an activating group) is 1. The van der Waals surface area contributed by atoms with Gasteiger partial charge in [0.2, 0.25) is 5.91 Å². The van der Waals surface area contributed by atoms with Gasteiger partial charge in [-0.2, -0.15) is 5.10 Å². The van der Waals surface area contributed by atoms with Crippen molar-refractivity contribution in [2.45, 2.75) is 20.4 Å². The van der Waals surface area contributed by atoms with Crippen molar-refractivity contribution in [1.82, 2.24) is 20.1 Å². The van der Waals surface area contributed by atoms with E-state index in [-0.39, 0.29) is 5.91 Å². The Morgan fingerprint density at radius 1 is 1.47 bits per heavy atom. The normalized spacial score (nSPS) is 11.1. The molecule has 19 heavy (non-hydrogen) atoms. The maximum atomic E-state index is 11.9. The molecule has 0 aliphatic carbocycles. The van der Waals surface area contributed by atoms with E-state index in [9.17, 15) is 4.79 Å². The summed E-state index contributed by atoms with van der Waals surface area (Å²) in [6.45, 7) is 4.04. The van der Waals surface area contributed by atoms with E-state index in [0.29, 0.717) is 18.1 Å². The number of aromatic amines is 1. The molecule has 0 aromatic carbocycles. The van der Waals surface area contributed by atoms with Crippen LogP contribution >= 0.6 is 0 Å². The second-order valence-electron chi connectivity index (χ2n) is 4.31. The average molecular weight is 260 g/mol. The zero-order valence-electron chi connectivity index (χ0n) is 11.2. The van der Waals surface area contributed by atoms with Crippen LogP contribution in [0.4, 0.5) is 0 Å². The van der Waals surface area contributed by atoms with Crippen molar-refractivity contribution in [1.29, 1.82) is 0 Å². The van der Waals surface area contributed by atoms with Gasteiger partial charge in [0.15, 0.2) is 5.82 Å². The molecule has 2 heterocycles. The molecule has 2 aromatic heterocycles. The van der Waals surface area contributed by atoms with Crippen LogP contribution in [0.2, 0.25) is 0 Å². The van der Waals surface area contributed by atoms with E-state index < -0.39 is 0 Å². The summed E-state index contributed by atoms with van der Waals surface area (Å²) in [6, 6.07) is 3.67. The molecule has 1 amide bonds. The molecule has 2 rings (SSSR count). The Labute approximate surface area is 111 Å². The molecule has 0 unspecified atom stereocenters. The predicted molar refractivity (Wildman–Crippen MR) is 70.1 cm³/mol. The van der Waals surface area contributed by atoms with Gasteiger partial charge in [-0.3, -0.25) is 9.89 Å². The Bertz CT molecular complexity index is 597. The minimum absolute atomic E-state index is 0.128. The van der Waals surface area contributed by atoms with Crippen molar-refractivity contribution < 1.29 is 9.21 Å². The molecule has 0 aliphatic heterocycles. The minimum Gasteiger partial charge on any atom is -0.462 e. The summed E-state index contributed by atoms with van der Waals surface area (Å²) >= 11 is 0. The van der Waals surface area contributed by atoms with Crippen LogP contribution < -0.4 is 0 Å². The fourth-order valence-electron chi connectivity index (χ4n) is 1.57. The summed E-state index contributed by atoms with van der Waals surface area (Å²) in [5.74, 6) is 2.68. The summed E-state index contributed by atoms with van der Waals surface area (Å²) in [4.78, 5) is 17.6. The maximum Gasteiger partial charge on any atom is 0.246 e. The van der Waals surface area contributed by atoms with E-state index in [1.807, 2.05) is 26.0 Å². The first-order chi connectivity index (χ1) is 9.04. The van der Waals surface area contributed by atoms with Crippen molar-refractivity contribution in [3.8, 4) is 0 Å². The molecule has 0 radical (unpaired) electrons. The third-order valence-electron chi connectivity index (χ3n) is 2.55. The number of amides is 1. The Hall–Kier alpha value is -2.37. The summed E-state index contributed by atoms with van der Waals surface area (Å²) in [5, 5.41) is 6.73. The van der Waals surface area contributed by atoms with Crippen LogP contribution in [0.15, 0.2) is 22.6 Å². The van der Waals surface area contributed by atoms with Gasteiger partial charge < -0.3 is 9.32 Å². The molecular formula is C13H16N4O2. The molecular weight excluding hydrogens is 244 g/mol. The molecule has 100 valence electrons. The quantitative estimate of drug-likeness (QED) is 0.849. The molecule has 0 atom stereocenters. The largest absolute Gasteiger partial charge is 0.462 e. The zero-order valence-corrected chi connectivity index (χ0v) is 11.2. The number of furan rings is 1. The van der Waals surface area contributed by atoms with Crippen LogP contribution in [0.5, 0.6) is 0 Å². The highest BCUT2D eigenvalue weighted by Crippen LogP contribution is 2.08. The molecule has 0 saturated heterocycles. The number of hydrogen-bond acceptors (Lipinski definition) is 4. The topological polar surface area (TPSA) is 75.0 Å². The van der Waals surface area contributed by atoms with Crippen molar-refractivity contribution >= 4 is 12.0 Å². The van der Waals surface area contributed by atoms with Gasteiger partial charge in [-0.25, -0.2) is 4.98 Å². The monoisotopic (exact) mass is 260 g/mol. The number of carbonyl (C=O) groups excluding carboxylic acids is 1. The highest BCUT2D eigenvalue weighted by Gasteiger charge is 2.09. The summed E-state index contributed by atoms with van der Waals surface area (Å²) in [7, 11) is 1.70. The standard InChI is InChI=1S/C13H16N4O2/c1-9-4-5-11(19-9)6-7-13(18)17(3)8-12-14-10(2)15-16-12/h4-7H,8H2,1-3H3,(H,14,15,16). The SMILES string of the molecule is Cc1nc(CN(C)C(=O)C=Cc2ccc(C)o2)n[nH]1. The van der Waals surface area contributed by atoms with Crippen LogP contribution in [0.25, 0.3) is 6.08 Å². The highest BCUT2D eigenvalue weighted by molar-refractivity contribution is 5.91. The molecule has 0 spiro atoms. The first-order valence-corrected chi connectivity index (χ1v) is 5.92. The van der Waals surface area contributed by atoms with Crippen LogP contribution in [0.1, 0.15) is 23.2 Å². The Kier molecular flexibility index (Phi) is 3.79. The van der Waals surface area contributed by atoms with Crippen molar-refractivity contribution in [3.63, 3.8) is 0 Å². The lowest BCUT2D eigenvalue weighted by Gasteiger charge is -2.11. The Morgan fingerprint density at radius 3 is 2.84 bits per heavy atom. The number of carbonyl (C=O) groups is 1. The van der Waals surface area contributed by atoms with Gasteiger partial charge in [0.1, 0.15) is 17.3 Å².